The fourth-order valence-corrected chi connectivity index (χ4v) is 3.67. The van der Waals surface area contributed by atoms with Crippen LogP contribution in [0.5, 0.6) is 0 Å². The lowest BCUT2D eigenvalue weighted by molar-refractivity contribution is 0.108. The molecule has 0 saturated carbocycles. The predicted octanol–water partition coefficient (Wildman–Crippen LogP) is 5.42. The first kappa shape index (κ1) is 18.7. The van der Waals surface area contributed by atoms with Crippen LogP contribution in [0.25, 0.3) is 0 Å². The van der Waals surface area contributed by atoms with Gasteiger partial charge in [0.05, 0.1) is 0 Å². The lowest BCUT2D eigenvalue weighted by atomic mass is 10.2. The van der Waals surface area contributed by atoms with Crippen LogP contribution in [0.3, 0.4) is 0 Å². The minimum absolute atomic E-state index is 0.185. The number of aromatic nitrogens is 2. The van der Waals surface area contributed by atoms with Crippen LogP contribution in [-0.4, -0.2) is 21.3 Å². The number of hydrogen-bond acceptors (Lipinski definition) is 6. The summed E-state index contributed by atoms with van der Waals surface area (Å²) in [6, 6.07) is 12.8. The maximum Gasteiger partial charge on any atom is 0.325 e. The Morgan fingerprint density at radius 1 is 0.885 bits per heavy atom. The van der Waals surface area contributed by atoms with E-state index in [9.17, 15) is 9.59 Å². The van der Waals surface area contributed by atoms with Crippen molar-refractivity contribution in [2.75, 3.05) is 10.6 Å². The molecule has 3 rings (SSSR count). The SMILES string of the molecule is O=C(Nc1ccc(Cl)cc1)Nc1nnc(SC(=O)c2ccc(Cl)cc2)s1. The molecule has 0 unspecified atom stereocenters. The number of thioether (sulfide) groups is 1. The highest BCUT2D eigenvalue weighted by atomic mass is 35.5. The van der Waals surface area contributed by atoms with E-state index in [1.807, 2.05) is 0 Å². The van der Waals surface area contributed by atoms with E-state index < -0.39 is 6.03 Å². The number of carbonyl (C=O) groups is 2. The van der Waals surface area contributed by atoms with Crippen molar-refractivity contribution < 1.29 is 9.59 Å². The minimum atomic E-state index is -0.468. The summed E-state index contributed by atoms with van der Waals surface area (Å²) in [5.41, 5.74) is 1.09. The van der Waals surface area contributed by atoms with Gasteiger partial charge in [0, 0.05) is 21.3 Å². The molecule has 0 aliphatic rings. The maximum absolute atomic E-state index is 12.2. The zero-order chi connectivity index (χ0) is 18.5. The van der Waals surface area contributed by atoms with Gasteiger partial charge in [-0.25, -0.2) is 4.79 Å². The summed E-state index contributed by atoms with van der Waals surface area (Å²) < 4.78 is 0.423. The van der Waals surface area contributed by atoms with Crippen LogP contribution in [0.4, 0.5) is 15.6 Å². The fourth-order valence-electron chi connectivity index (χ4n) is 1.82. The fraction of sp³-hybridized carbons (Fsp3) is 0. The second kappa shape index (κ2) is 8.50. The average molecular weight is 425 g/mol. The lowest BCUT2D eigenvalue weighted by Gasteiger charge is -2.04. The van der Waals surface area contributed by atoms with E-state index in [2.05, 4.69) is 20.8 Å². The molecule has 2 amide bonds. The number of anilines is 2. The molecule has 0 fully saturated rings. The molecular weight excluding hydrogens is 415 g/mol. The van der Waals surface area contributed by atoms with Crippen molar-refractivity contribution in [2.24, 2.45) is 0 Å². The molecule has 0 radical (unpaired) electrons. The van der Waals surface area contributed by atoms with E-state index in [4.69, 9.17) is 23.2 Å². The summed E-state index contributed by atoms with van der Waals surface area (Å²) in [5.74, 6) is 0. The normalized spacial score (nSPS) is 10.4. The Balaban J connectivity index is 1.57. The largest absolute Gasteiger partial charge is 0.325 e. The van der Waals surface area contributed by atoms with Gasteiger partial charge in [0.25, 0.3) is 0 Å². The van der Waals surface area contributed by atoms with Crippen LogP contribution in [0.15, 0.2) is 52.9 Å². The highest BCUT2D eigenvalue weighted by Gasteiger charge is 2.14. The summed E-state index contributed by atoms with van der Waals surface area (Å²) in [5, 5.41) is 14.2. The van der Waals surface area contributed by atoms with Crippen LogP contribution >= 0.6 is 46.3 Å². The van der Waals surface area contributed by atoms with Gasteiger partial charge in [-0.15, -0.1) is 10.2 Å². The van der Waals surface area contributed by atoms with E-state index in [1.165, 1.54) is 0 Å². The highest BCUT2D eigenvalue weighted by Crippen LogP contribution is 2.28. The van der Waals surface area contributed by atoms with Crippen molar-refractivity contribution in [1.82, 2.24) is 10.2 Å². The Labute approximate surface area is 166 Å². The summed E-state index contributed by atoms with van der Waals surface area (Å²) in [6.07, 6.45) is 0. The van der Waals surface area contributed by atoms with Gasteiger partial charge in [0.15, 0.2) is 4.34 Å². The van der Waals surface area contributed by atoms with Crippen LogP contribution in [0.1, 0.15) is 10.4 Å². The van der Waals surface area contributed by atoms with Crippen molar-refractivity contribution in [3.05, 3.63) is 64.1 Å². The Morgan fingerprint density at radius 2 is 1.50 bits per heavy atom. The second-order valence-corrected chi connectivity index (χ2v) is 7.93. The first-order valence-electron chi connectivity index (χ1n) is 7.14. The minimum Gasteiger partial charge on any atom is -0.308 e. The molecular formula is C16H10Cl2N4O2S2. The third-order valence-electron chi connectivity index (χ3n) is 2.99. The summed E-state index contributed by atoms with van der Waals surface area (Å²) in [4.78, 5) is 24.1. The monoisotopic (exact) mass is 424 g/mol. The van der Waals surface area contributed by atoms with Gasteiger partial charge >= 0.3 is 6.03 Å². The Hall–Kier alpha value is -2.13. The zero-order valence-electron chi connectivity index (χ0n) is 12.9. The van der Waals surface area contributed by atoms with Crippen LogP contribution in [-0.2, 0) is 0 Å². The van der Waals surface area contributed by atoms with Crippen molar-refractivity contribution in [3.63, 3.8) is 0 Å². The quantitative estimate of drug-likeness (QED) is 0.431. The number of urea groups is 1. The molecule has 0 aliphatic carbocycles. The number of rotatable bonds is 4. The number of halogens is 2. The molecule has 3 aromatic rings. The molecule has 1 aromatic heterocycles. The molecule has 2 N–H and O–H groups in total. The Bertz CT molecular complexity index is 930. The van der Waals surface area contributed by atoms with Crippen molar-refractivity contribution >= 4 is 68.3 Å². The highest BCUT2D eigenvalue weighted by molar-refractivity contribution is 8.15. The summed E-state index contributed by atoms with van der Waals surface area (Å²) in [7, 11) is 0. The van der Waals surface area contributed by atoms with E-state index in [0.717, 1.165) is 23.1 Å². The van der Waals surface area contributed by atoms with Crippen molar-refractivity contribution in [3.8, 4) is 0 Å². The van der Waals surface area contributed by atoms with Gasteiger partial charge in [-0.1, -0.05) is 34.5 Å². The number of nitrogens with zero attached hydrogens (tertiary/aromatic N) is 2. The van der Waals surface area contributed by atoms with E-state index >= 15 is 0 Å². The third kappa shape index (κ3) is 5.18. The summed E-state index contributed by atoms with van der Waals surface area (Å²) >= 11 is 13.6. The van der Waals surface area contributed by atoms with Crippen molar-refractivity contribution in [2.45, 2.75) is 4.34 Å². The number of nitrogens with one attached hydrogen (secondary N) is 2. The standard InChI is InChI=1S/C16H10Cl2N4O2S2/c17-10-3-1-9(2-4-10)13(23)25-16-22-21-15(26-16)20-14(24)19-12-7-5-11(18)6-8-12/h1-8H,(H2,19,20,21,24). The predicted molar refractivity (Wildman–Crippen MR) is 106 cm³/mol. The van der Waals surface area contributed by atoms with Gasteiger partial charge in [0.2, 0.25) is 10.2 Å². The van der Waals surface area contributed by atoms with E-state index in [0.29, 0.717) is 25.6 Å². The van der Waals surface area contributed by atoms with Gasteiger partial charge in [-0.3, -0.25) is 10.1 Å². The maximum atomic E-state index is 12.2. The van der Waals surface area contributed by atoms with Crippen LogP contribution < -0.4 is 10.6 Å². The number of amides is 2. The third-order valence-corrected chi connectivity index (χ3v) is 5.30. The van der Waals surface area contributed by atoms with Crippen molar-refractivity contribution in [1.29, 1.82) is 0 Å². The van der Waals surface area contributed by atoms with Gasteiger partial charge in [-0.2, -0.15) is 0 Å². The van der Waals surface area contributed by atoms with Gasteiger partial charge in [0.1, 0.15) is 0 Å². The molecule has 0 saturated heterocycles. The molecule has 10 heteroatoms. The van der Waals surface area contributed by atoms with Gasteiger partial charge < -0.3 is 5.32 Å². The summed E-state index contributed by atoms with van der Waals surface area (Å²) in [6.45, 7) is 0. The van der Waals surface area contributed by atoms with E-state index in [-0.39, 0.29) is 10.2 Å². The molecule has 1 heterocycles. The molecule has 0 atom stereocenters. The number of carbonyl (C=O) groups excluding carboxylic acids is 2. The molecule has 0 bridgehead atoms. The molecule has 0 spiro atoms. The lowest BCUT2D eigenvalue weighted by Crippen LogP contribution is -2.19. The molecule has 6 nitrogen and oxygen atoms in total. The molecule has 2 aromatic carbocycles. The molecule has 0 aliphatic heterocycles. The zero-order valence-corrected chi connectivity index (χ0v) is 16.0. The number of benzene rings is 2. The van der Waals surface area contributed by atoms with E-state index in [1.54, 1.807) is 48.5 Å². The smallest absolute Gasteiger partial charge is 0.308 e. The second-order valence-electron chi connectivity index (χ2n) is 4.86. The van der Waals surface area contributed by atoms with Crippen LogP contribution in [0.2, 0.25) is 10.0 Å². The first-order chi connectivity index (χ1) is 12.5. The molecule has 26 heavy (non-hydrogen) atoms. The Kier molecular flexibility index (Phi) is 6.10. The van der Waals surface area contributed by atoms with Crippen LogP contribution in [0, 0.1) is 0 Å². The topological polar surface area (TPSA) is 84.0 Å². The molecule has 132 valence electrons. The van der Waals surface area contributed by atoms with Gasteiger partial charge in [-0.05, 0) is 60.3 Å². The average Bonchev–Trinajstić information content (AvgIpc) is 3.04. The first-order valence-corrected chi connectivity index (χ1v) is 9.53. The number of hydrogen-bond donors (Lipinski definition) is 2. The Morgan fingerprint density at radius 3 is 2.15 bits per heavy atom.